The minimum atomic E-state index is -0.100. The summed E-state index contributed by atoms with van der Waals surface area (Å²) in [7, 11) is 1.85. The highest BCUT2D eigenvalue weighted by molar-refractivity contribution is 5.85. The van der Waals surface area contributed by atoms with Crippen molar-refractivity contribution in [2.45, 2.75) is 25.4 Å². The Morgan fingerprint density at radius 2 is 1.96 bits per heavy atom. The molecular weight excluding hydrogens is 316 g/mol. The number of fused-ring (bicyclic) bond motifs is 1. The molecule has 0 saturated carbocycles. The first-order valence-corrected chi connectivity index (χ1v) is 8.05. The van der Waals surface area contributed by atoms with Gasteiger partial charge in [-0.1, -0.05) is 12.1 Å². The SMILES string of the molecule is CN(CC1COc2ccccc2O1)C(=O)CC1CCNCC1.Cl. The largest absolute Gasteiger partial charge is 0.486 e. The van der Waals surface area contributed by atoms with Crippen LogP contribution in [0.4, 0.5) is 0 Å². The van der Waals surface area contributed by atoms with Crippen molar-refractivity contribution in [1.29, 1.82) is 0 Å². The first-order chi connectivity index (χ1) is 10.7. The molecule has 1 aromatic rings. The fourth-order valence-electron chi connectivity index (χ4n) is 3.05. The van der Waals surface area contributed by atoms with Gasteiger partial charge in [-0.2, -0.15) is 0 Å². The van der Waals surface area contributed by atoms with Crippen LogP contribution in [0, 0.1) is 5.92 Å². The van der Waals surface area contributed by atoms with E-state index in [-0.39, 0.29) is 24.4 Å². The lowest BCUT2D eigenvalue weighted by molar-refractivity contribution is -0.132. The van der Waals surface area contributed by atoms with Gasteiger partial charge in [0.25, 0.3) is 0 Å². The Bertz CT molecular complexity index is 520. The molecule has 23 heavy (non-hydrogen) atoms. The molecule has 0 spiro atoms. The molecule has 5 nitrogen and oxygen atoms in total. The summed E-state index contributed by atoms with van der Waals surface area (Å²) in [4.78, 5) is 14.1. The van der Waals surface area contributed by atoms with E-state index in [1.54, 1.807) is 4.90 Å². The number of carbonyl (C=O) groups is 1. The van der Waals surface area contributed by atoms with Gasteiger partial charge in [0.05, 0.1) is 6.54 Å². The van der Waals surface area contributed by atoms with E-state index in [9.17, 15) is 4.79 Å². The topological polar surface area (TPSA) is 50.8 Å². The molecule has 0 bridgehead atoms. The fraction of sp³-hybridized carbons (Fsp3) is 0.588. The molecule has 1 amide bonds. The van der Waals surface area contributed by atoms with Crippen LogP contribution in [0.15, 0.2) is 24.3 Å². The standard InChI is InChI=1S/C17H24N2O3.ClH/c1-19(17(20)10-13-6-8-18-9-7-13)11-14-12-21-15-4-2-3-5-16(15)22-14;/h2-5,13-14,18H,6-12H2,1H3;1H. The molecule has 128 valence electrons. The van der Waals surface area contributed by atoms with E-state index in [1.807, 2.05) is 31.3 Å². The Kier molecular flexibility index (Phi) is 6.54. The van der Waals surface area contributed by atoms with Gasteiger partial charge in [-0.05, 0) is 44.0 Å². The molecule has 0 aromatic heterocycles. The van der Waals surface area contributed by atoms with Crippen LogP contribution >= 0.6 is 12.4 Å². The number of piperidine rings is 1. The summed E-state index contributed by atoms with van der Waals surface area (Å²) in [5.41, 5.74) is 0. The van der Waals surface area contributed by atoms with E-state index in [4.69, 9.17) is 9.47 Å². The zero-order valence-electron chi connectivity index (χ0n) is 13.5. The predicted molar refractivity (Wildman–Crippen MR) is 91.4 cm³/mol. The van der Waals surface area contributed by atoms with Crippen molar-refractivity contribution in [2.24, 2.45) is 5.92 Å². The van der Waals surface area contributed by atoms with Crippen molar-refractivity contribution in [2.75, 3.05) is 33.3 Å². The zero-order chi connectivity index (χ0) is 15.4. The summed E-state index contributed by atoms with van der Waals surface area (Å²) in [5, 5.41) is 3.33. The second-order valence-electron chi connectivity index (χ2n) is 6.17. The summed E-state index contributed by atoms with van der Waals surface area (Å²) < 4.78 is 11.6. The second kappa shape index (κ2) is 8.41. The van der Waals surface area contributed by atoms with E-state index < -0.39 is 0 Å². The summed E-state index contributed by atoms with van der Waals surface area (Å²) in [6.45, 7) is 3.11. The van der Waals surface area contributed by atoms with Crippen LogP contribution in [-0.2, 0) is 4.79 Å². The van der Waals surface area contributed by atoms with Gasteiger partial charge in [0.1, 0.15) is 6.61 Å². The lowest BCUT2D eigenvalue weighted by Gasteiger charge is -2.30. The van der Waals surface area contributed by atoms with Crippen LogP contribution in [0.2, 0.25) is 0 Å². The Morgan fingerprint density at radius 1 is 1.26 bits per heavy atom. The molecule has 1 unspecified atom stereocenters. The highest BCUT2D eigenvalue weighted by Gasteiger charge is 2.25. The van der Waals surface area contributed by atoms with Crippen molar-refractivity contribution in [3.63, 3.8) is 0 Å². The number of hydrogen-bond donors (Lipinski definition) is 1. The van der Waals surface area contributed by atoms with Gasteiger partial charge in [0, 0.05) is 13.5 Å². The first kappa shape index (κ1) is 17.9. The zero-order valence-corrected chi connectivity index (χ0v) is 14.3. The third-order valence-corrected chi connectivity index (χ3v) is 4.39. The van der Waals surface area contributed by atoms with Gasteiger partial charge in [-0.15, -0.1) is 12.4 Å². The number of amides is 1. The summed E-state index contributed by atoms with van der Waals surface area (Å²) in [6, 6.07) is 7.66. The summed E-state index contributed by atoms with van der Waals surface area (Å²) >= 11 is 0. The molecule has 0 aliphatic carbocycles. The molecule has 3 rings (SSSR count). The Balaban J connectivity index is 0.00000192. The van der Waals surface area contributed by atoms with Gasteiger partial charge in [0.15, 0.2) is 17.6 Å². The Labute approximate surface area is 143 Å². The number of carbonyl (C=O) groups excluding carboxylic acids is 1. The van der Waals surface area contributed by atoms with Crippen molar-refractivity contribution < 1.29 is 14.3 Å². The number of para-hydroxylation sites is 2. The third-order valence-electron chi connectivity index (χ3n) is 4.39. The Hall–Kier alpha value is -1.46. The van der Waals surface area contributed by atoms with Crippen LogP contribution in [0.3, 0.4) is 0 Å². The van der Waals surface area contributed by atoms with Gasteiger partial charge in [-0.3, -0.25) is 4.79 Å². The van der Waals surface area contributed by atoms with Crippen molar-refractivity contribution in [3.8, 4) is 11.5 Å². The normalized spacial score (nSPS) is 20.5. The smallest absolute Gasteiger partial charge is 0.222 e. The fourth-order valence-corrected chi connectivity index (χ4v) is 3.05. The molecule has 0 radical (unpaired) electrons. The maximum absolute atomic E-state index is 12.3. The van der Waals surface area contributed by atoms with Gasteiger partial charge in [-0.25, -0.2) is 0 Å². The molecule has 6 heteroatoms. The number of halogens is 1. The molecule has 1 N–H and O–H groups in total. The lowest BCUT2D eigenvalue weighted by atomic mass is 9.94. The van der Waals surface area contributed by atoms with Crippen molar-refractivity contribution in [1.82, 2.24) is 10.2 Å². The minimum Gasteiger partial charge on any atom is -0.486 e. The van der Waals surface area contributed by atoms with E-state index in [0.29, 0.717) is 25.5 Å². The average Bonchev–Trinajstić information content (AvgIpc) is 2.55. The average molecular weight is 341 g/mol. The number of rotatable bonds is 4. The number of nitrogens with one attached hydrogen (secondary N) is 1. The highest BCUT2D eigenvalue weighted by Crippen LogP contribution is 2.31. The van der Waals surface area contributed by atoms with Crippen LogP contribution in [0.25, 0.3) is 0 Å². The van der Waals surface area contributed by atoms with Crippen LogP contribution in [0.5, 0.6) is 11.5 Å². The quantitative estimate of drug-likeness (QED) is 0.912. The summed E-state index contributed by atoms with van der Waals surface area (Å²) in [6.07, 6.45) is 2.73. The summed E-state index contributed by atoms with van der Waals surface area (Å²) in [5.74, 6) is 2.26. The van der Waals surface area contributed by atoms with Crippen molar-refractivity contribution >= 4 is 18.3 Å². The van der Waals surface area contributed by atoms with Crippen LogP contribution < -0.4 is 14.8 Å². The number of likely N-dealkylation sites (N-methyl/N-ethyl adjacent to an activating group) is 1. The molecule has 2 heterocycles. The maximum atomic E-state index is 12.3. The minimum absolute atomic E-state index is 0. The number of ether oxygens (including phenoxy) is 2. The highest BCUT2D eigenvalue weighted by atomic mass is 35.5. The van der Waals surface area contributed by atoms with E-state index in [1.165, 1.54) is 0 Å². The third kappa shape index (κ3) is 4.75. The van der Waals surface area contributed by atoms with Gasteiger partial charge in [0.2, 0.25) is 5.91 Å². The number of nitrogens with zero attached hydrogens (tertiary/aromatic N) is 1. The molecule has 1 saturated heterocycles. The lowest BCUT2D eigenvalue weighted by Crippen LogP contribution is -2.42. The van der Waals surface area contributed by atoms with E-state index >= 15 is 0 Å². The number of hydrogen-bond acceptors (Lipinski definition) is 4. The molecular formula is C17H25ClN2O3. The predicted octanol–water partition coefficient (Wildman–Crippen LogP) is 2.10. The second-order valence-corrected chi connectivity index (χ2v) is 6.17. The molecule has 1 fully saturated rings. The van der Waals surface area contributed by atoms with E-state index in [0.717, 1.165) is 37.4 Å². The number of benzene rings is 1. The molecule has 2 aliphatic heterocycles. The van der Waals surface area contributed by atoms with Crippen molar-refractivity contribution in [3.05, 3.63) is 24.3 Å². The monoisotopic (exact) mass is 340 g/mol. The maximum Gasteiger partial charge on any atom is 0.222 e. The Morgan fingerprint density at radius 3 is 2.70 bits per heavy atom. The van der Waals surface area contributed by atoms with Crippen LogP contribution in [-0.4, -0.2) is 50.2 Å². The van der Waals surface area contributed by atoms with Gasteiger partial charge < -0.3 is 19.7 Å². The molecule has 1 atom stereocenters. The molecule has 1 aromatic carbocycles. The van der Waals surface area contributed by atoms with E-state index in [2.05, 4.69) is 5.32 Å². The first-order valence-electron chi connectivity index (χ1n) is 8.05. The molecule has 2 aliphatic rings. The van der Waals surface area contributed by atoms with Gasteiger partial charge >= 0.3 is 0 Å². The van der Waals surface area contributed by atoms with Crippen LogP contribution in [0.1, 0.15) is 19.3 Å².